The number of ketones is 1. The van der Waals surface area contributed by atoms with Crippen LogP contribution >= 0.6 is 21.6 Å². The van der Waals surface area contributed by atoms with Gasteiger partial charge in [-0.1, -0.05) is 70.1 Å². The average molecular weight is 492 g/mol. The number of aliphatic carboxylic acids is 1. The summed E-state index contributed by atoms with van der Waals surface area (Å²) in [4.78, 5) is 48.6. The maximum absolute atomic E-state index is 12.6. The Kier molecular flexibility index (Phi) is 11.8. The minimum atomic E-state index is -1.13. The fourth-order valence-electron chi connectivity index (χ4n) is 3.08. The third kappa shape index (κ3) is 9.88. The summed E-state index contributed by atoms with van der Waals surface area (Å²) in [6.07, 6.45) is 7.44. The summed E-state index contributed by atoms with van der Waals surface area (Å²) in [7, 11) is 2.53. The van der Waals surface area contributed by atoms with Crippen LogP contribution in [0, 0.1) is 5.92 Å². The van der Waals surface area contributed by atoms with Crippen molar-refractivity contribution in [3.05, 3.63) is 59.7 Å². The monoisotopic (exact) mass is 491 g/mol. The minimum absolute atomic E-state index is 0.0404. The van der Waals surface area contributed by atoms with Crippen molar-refractivity contribution in [2.24, 2.45) is 5.92 Å². The van der Waals surface area contributed by atoms with Gasteiger partial charge in [-0.3, -0.25) is 14.4 Å². The number of benzene rings is 1. The number of nitrogens with one attached hydrogen (secondary N) is 1. The summed E-state index contributed by atoms with van der Waals surface area (Å²) in [5.74, 6) is -2.24. The largest absolute Gasteiger partial charge is 0.480 e. The van der Waals surface area contributed by atoms with E-state index in [1.54, 1.807) is 25.1 Å². The van der Waals surface area contributed by atoms with E-state index >= 15 is 0 Å². The van der Waals surface area contributed by atoms with Crippen LogP contribution in [-0.4, -0.2) is 52.9 Å². The molecule has 0 aromatic heterocycles. The van der Waals surface area contributed by atoms with Crippen molar-refractivity contribution in [1.29, 1.82) is 0 Å². The van der Waals surface area contributed by atoms with Crippen molar-refractivity contribution in [2.45, 2.75) is 38.6 Å². The Bertz CT molecular complexity index is 884. The fourth-order valence-corrected chi connectivity index (χ4v) is 5.53. The molecule has 7 nitrogen and oxygen atoms in total. The molecule has 1 aliphatic carbocycles. The summed E-state index contributed by atoms with van der Waals surface area (Å²) in [6, 6.07) is 8.02. The van der Waals surface area contributed by atoms with E-state index in [0.717, 1.165) is 18.4 Å². The number of Topliss-reactive ketones (excluding diaryl/α,β-unsaturated/α-hetero) is 1. The lowest BCUT2D eigenvalue weighted by Gasteiger charge is -2.17. The number of amides is 1. The zero-order chi connectivity index (χ0) is 24.1. The normalized spacial score (nSPS) is 14.6. The van der Waals surface area contributed by atoms with Gasteiger partial charge in [-0.25, -0.2) is 4.79 Å². The standard InChI is InChI=1S/C24H29NO6S2/c1-2-31-24(30)19(14-21(26)18-11-7-4-8-12-18)15-32-33-16-20(23(28)29)25-22(27)13-17-9-5-3-6-10-17/h3,5-7,9-12,19-20H,2,4,8,13-16H2,1H3,(H,25,27)(H,28,29). The van der Waals surface area contributed by atoms with Crippen molar-refractivity contribution in [2.75, 3.05) is 18.1 Å². The summed E-state index contributed by atoms with van der Waals surface area (Å²) in [5, 5.41) is 12.0. The van der Waals surface area contributed by atoms with Crippen LogP contribution in [0.5, 0.6) is 0 Å². The zero-order valence-corrected chi connectivity index (χ0v) is 20.2. The first-order valence-electron chi connectivity index (χ1n) is 10.8. The second-order valence-electron chi connectivity index (χ2n) is 7.41. The molecule has 0 spiro atoms. The summed E-state index contributed by atoms with van der Waals surface area (Å²) in [5.41, 5.74) is 1.41. The van der Waals surface area contributed by atoms with Crippen molar-refractivity contribution < 1.29 is 29.0 Å². The van der Waals surface area contributed by atoms with E-state index in [9.17, 15) is 24.3 Å². The van der Waals surface area contributed by atoms with Gasteiger partial charge in [-0.2, -0.15) is 0 Å². The molecule has 0 heterocycles. The number of esters is 1. The van der Waals surface area contributed by atoms with Crippen LogP contribution in [0.3, 0.4) is 0 Å². The van der Waals surface area contributed by atoms with Gasteiger partial charge >= 0.3 is 11.9 Å². The molecule has 2 N–H and O–H groups in total. The minimum Gasteiger partial charge on any atom is -0.480 e. The van der Waals surface area contributed by atoms with Crippen LogP contribution in [-0.2, 0) is 30.3 Å². The van der Waals surface area contributed by atoms with Crippen LogP contribution in [0.2, 0.25) is 0 Å². The fraction of sp³-hybridized carbons (Fsp3) is 0.417. The molecule has 2 atom stereocenters. The molecule has 0 bridgehead atoms. The first-order chi connectivity index (χ1) is 15.9. The highest BCUT2D eigenvalue weighted by atomic mass is 33.1. The maximum atomic E-state index is 12.6. The second kappa shape index (κ2) is 14.6. The predicted octanol–water partition coefficient (Wildman–Crippen LogP) is 3.59. The summed E-state index contributed by atoms with van der Waals surface area (Å²) >= 11 is 0. The first kappa shape index (κ1) is 26.7. The van der Waals surface area contributed by atoms with Crippen LogP contribution < -0.4 is 5.32 Å². The van der Waals surface area contributed by atoms with Crippen molar-refractivity contribution in [3.8, 4) is 0 Å². The highest BCUT2D eigenvalue weighted by Crippen LogP contribution is 2.28. The molecular formula is C24H29NO6S2. The summed E-state index contributed by atoms with van der Waals surface area (Å²) in [6.45, 7) is 1.93. The van der Waals surface area contributed by atoms with E-state index in [-0.39, 0.29) is 36.9 Å². The Morgan fingerprint density at radius 1 is 1.09 bits per heavy atom. The molecule has 0 aliphatic heterocycles. The molecule has 1 aliphatic rings. The molecular weight excluding hydrogens is 462 g/mol. The summed E-state index contributed by atoms with van der Waals surface area (Å²) < 4.78 is 5.12. The van der Waals surface area contributed by atoms with Gasteiger partial charge in [0.1, 0.15) is 6.04 Å². The number of ether oxygens (including phenoxy) is 1. The number of carboxylic acid groups (broad SMARTS) is 1. The van der Waals surface area contributed by atoms with Crippen molar-refractivity contribution >= 4 is 45.2 Å². The van der Waals surface area contributed by atoms with Crippen molar-refractivity contribution in [1.82, 2.24) is 5.32 Å². The van der Waals surface area contributed by atoms with Crippen LogP contribution in [0.4, 0.5) is 0 Å². The number of carboxylic acids is 1. The molecule has 178 valence electrons. The number of hydrogen-bond acceptors (Lipinski definition) is 7. The van der Waals surface area contributed by atoms with Gasteiger partial charge in [-0.15, -0.1) is 0 Å². The lowest BCUT2D eigenvalue weighted by molar-refractivity contribution is -0.148. The van der Waals surface area contributed by atoms with E-state index in [1.807, 2.05) is 30.4 Å². The third-order valence-corrected chi connectivity index (χ3v) is 7.29. The Morgan fingerprint density at radius 2 is 1.82 bits per heavy atom. The average Bonchev–Trinajstić information content (AvgIpc) is 2.81. The molecule has 0 saturated heterocycles. The van der Waals surface area contributed by atoms with Gasteiger partial charge < -0.3 is 15.2 Å². The SMILES string of the molecule is CCOC(=O)C(CSSCC(NC(=O)Cc1ccccc1)C(=O)O)CC(=O)C1=CCCC=C1. The third-order valence-electron chi connectivity index (χ3n) is 4.80. The highest BCUT2D eigenvalue weighted by Gasteiger charge is 2.26. The molecule has 0 saturated carbocycles. The molecule has 1 amide bonds. The number of carbonyl (C=O) groups is 4. The molecule has 2 rings (SSSR count). The Labute approximate surface area is 201 Å². The van der Waals surface area contributed by atoms with Gasteiger partial charge in [0.05, 0.1) is 18.9 Å². The van der Waals surface area contributed by atoms with E-state index in [0.29, 0.717) is 11.3 Å². The smallest absolute Gasteiger partial charge is 0.327 e. The van der Waals surface area contributed by atoms with E-state index in [4.69, 9.17) is 4.74 Å². The number of allylic oxidation sites excluding steroid dienone is 4. The van der Waals surface area contributed by atoms with E-state index < -0.39 is 23.9 Å². The number of rotatable bonds is 14. The quantitative estimate of drug-likeness (QED) is 0.231. The Balaban J connectivity index is 1.84. The van der Waals surface area contributed by atoms with Crippen LogP contribution in [0.25, 0.3) is 0 Å². The van der Waals surface area contributed by atoms with Gasteiger partial charge in [-0.05, 0) is 25.3 Å². The number of carbonyl (C=O) groups excluding carboxylic acids is 3. The van der Waals surface area contributed by atoms with Gasteiger partial charge in [0.2, 0.25) is 5.91 Å². The van der Waals surface area contributed by atoms with E-state index in [1.165, 1.54) is 21.6 Å². The first-order valence-corrected chi connectivity index (χ1v) is 13.3. The topological polar surface area (TPSA) is 110 Å². The van der Waals surface area contributed by atoms with Crippen LogP contribution in [0.15, 0.2) is 54.1 Å². The molecule has 33 heavy (non-hydrogen) atoms. The molecule has 0 fully saturated rings. The van der Waals surface area contributed by atoms with Gasteiger partial charge in [0.25, 0.3) is 0 Å². The molecule has 9 heteroatoms. The highest BCUT2D eigenvalue weighted by molar-refractivity contribution is 8.76. The lowest BCUT2D eigenvalue weighted by Crippen LogP contribution is -2.43. The van der Waals surface area contributed by atoms with Crippen LogP contribution in [0.1, 0.15) is 31.7 Å². The lowest BCUT2D eigenvalue weighted by atomic mass is 9.96. The Morgan fingerprint density at radius 3 is 2.45 bits per heavy atom. The molecule has 0 radical (unpaired) electrons. The van der Waals surface area contributed by atoms with E-state index in [2.05, 4.69) is 5.32 Å². The van der Waals surface area contributed by atoms with Crippen molar-refractivity contribution in [3.63, 3.8) is 0 Å². The van der Waals surface area contributed by atoms with Gasteiger partial charge in [0, 0.05) is 23.5 Å². The molecule has 2 unspecified atom stereocenters. The second-order valence-corrected chi connectivity index (χ2v) is 9.96. The number of hydrogen-bond donors (Lipinski definition) is 2. The predicted molar refractivity (Wildman–Crippen MR) is 131 cm³/mol. The van der Waals surface area contributed by atoms with Gasteiger partial charge in [0.15, 0.2) is 5.78 Å². The maximum Gasteiger partial charge on any atom is 0.327 e. The molecule has 1 aromatic carbocycles. The zero-order valence-electron chi connectivity index (χ0n) is 18.5. The molecule has 1 aromatic rings. The Hall–Kier alpha value is -2.52.